The maximum absolute atomic E-state index is 15.6. The van der Waals surface area contributed by atoms with Crippen LogP contribution in [0.4, 0.5) is 0 Å². The summed E-state index contributed by atoms with van der Waals surface area (Å²) in [5.41, 5.74) is 0.437. The fraction of sp³-hybridized carbons (Fsp3) is 0.727. The Balaban J connectivity index is 4.45. The number of benzene rings is 1. The van der Waals surface area contributed by atoms with Crippen LogP contribution >= 0.6 is 15.2 Å². The summed E-state index contributed by atoms with van der Waals surface area (Å²) in [6, 6.07) is 9.05. The van der Waals surface area contributed by atoms with E-state index in [4.69, 9.17) is 21.3 Å². The van der Waals surface area contributed by atoms with Crippen LogP contribution in [0.3, 0.4) is 0 Å². The molecule has 1 aromatic rings. The highest BCUT2D eigenvalue weighted by atomic mass is 31.2. The molecule has 1 rings (SSSR count). The third-order valence-electron chi connectivity index (χ3n) is 3.92. The van der Waals surface area contributed by atoms with Crippen molar-refractivity contribution in [2.24, 2.45) is 0 Å². The molecule has 14 heteroatoms. The zero-order valence-electron chi connectivity index (χ0n) is 25.1. The van der Waals surface area contributed by atoms with E-state index >= 15 is 9.13 Å². The first-order valence-corrected chi connectivity index (χ1v) is 32.6. The third-order valence-corrected chi connectivity index (χ3v) is 21.4. The summed E-state index contributed by atoms with van der Waals surface area (Å²) in [5, 5.41) is -2.06. The zero-order valence-corrected chi connectivity index (χ0v) is 31.9. The van der Waals surface area contributed by atoms with E-state index in [0.29, 0.717) is 5.56 Å². The monoisotopic (exact) mass is 628 g/mol. The minimum Gasteiger partial charge on any atom is -0.389 e. The zero-order chi connectivity index (χ0) is 28.6. The van der Waals surface area contributed by atoms with Crippen molar-refractivity contribution in [3.05, 3.63) is 35.9 Å². The van der Waals surface area contributed by atoms with E-state index in [1.165, 1.54) is 0 Å². The molecule has 0 saturated heterocycles. The van der Waals surface area contributed by atoms with E-state index in [1.54, 1.807) is 12.1 Å². The average Bonchev–Trinajstić information content (AvgIpc) is 2.52. The third kappa shape index (κ3) is 9.95. The van der Waals surface area contributed by atoms with Crippen LogP contribution in [0.15, 0.2) is 30.3 Å². The molecule has 1 aromatic carbocycles. The fourth-order valence-electron chi connectivity index (χ4n) is 3.45. The summed E-state index contributed by atoms with van der Waals surface area (Å²) in [7, 11) is -21.5. The predicted octanol–water partition coefficient (Wildman–Crippen LogP) is 9.44. The molecule has 210 valence electrons. The Morgan fingerprint density at radius 2 is 0.778 bits per heavy atom. The summed E-state index contributed by atoms with van der Waals surface area (Å²) in [6.45, 7) is 29.3. The molecule has 36 heavy (non-hydrogen) atoms. The number of rotatable bonds is 13. The van der Waals surface area contributed by atoms with Gasteiger partial charge in [0.05, 0.1) is 0 Å². The Kier molecular flexibility index (Phi) is 10.8. The lowest BCUT2D eigenvalue weighted by Gasteiger charge is -2.50. The van der Waals surface area contributed by atoms with Crippen molar-refractivity contribution >= 4 is 56.8 Å². The van der Waals surface area contributed by atoms with Crippen molar-refractivity contribution in [3.8, 4) is 0 Å². The summed E-state index contributed by atoms with van der Waals surface area (Å²) in [5.74, 6) is 0. The summed E-state index contributed by atoms with van der Waals surface area (Å²) >= 11 is 0. The van der Waals surface area contributed by atoms with Crippen molar-refractivity contribution in [2.75, 3.05) is 0 Å². The van der Waals surface area contributed by atoms with Crippen LogP contribution in [-0.2, 0) is 35.5 Å². The first kappa shape index (κ1) is 34.6. The largest absolute Gasteiger partial charge is 0.389 e. The van der Waals surface area contributed by atoms with E-state index in [2.05, 4.69) is 0 Å². The van der Waals surface area contributed by atoms with Crippen LogP contribution < -0.4 is 0 Å². The van der Waals surface area contributed by atoms with Crippen LogP contribution in [0.5, 0.6) is 0 Å². The summed E-state index contributed by atoms with van der Waals surface area (Å²) in [6.07, 6.45) is 0. The molecular formula is C22H50O7P2Si5. The first-order chi connectivity index (χ1) is 15.6. The molecule has 0 aromatic heterocycles. The van der Waals surface area contributed by atoms with Crippen LogP contribution in [0.2, 0.25) is 98.2 Å². The van der Waals surface area contributed by atoms with Crippen molar-refractivity contribution in [3.63, 3.8) is 0 Å². The number of hydrogen-bond donors (Lipinski definition) is 0. The lowest BCUT2D eigenvalue weighted by molar-refractivity contribution is 0.153. The first-order valence-electron chi connectivity index (χ1n) is 12.4. The molecule has 0 atom stereocenters. The van der Waals surface area contributed by atoms with Crippen molar-refractivity contribution in [2.45, 2.75) is 103 Å². The normalized spacial score (nSPS) is 15.3. The fourth-order valence-corrected chi connectivity index (χ4v) is 25.0. The van der Waals surface area contributed by atoms with Gasteiger partial charge in [0.2, 0.25) is 0 Å². The molecular weight excluding hydrogens is 579 g/mol. The minimum atomic E-state index is -4.35. The van der Waals surface area contributed by atoms with Gasteiger partial charge in [0.1, 0.15) is 0 Å². The molecule has 7 nitrogen and oxygen atoms in total. The van der Waals surface area contributed by atoms with Crippen molar-refractivity contribution in [1.82, 2.24) is 0 Å². The molecule has 0 aliphatic heterocycles. The molecule has 0 saturated carbocycles. The van der Waals surface area contributed by atoms with Gasteiger partial charge in [0.25, 0.3) is 5.08 Å². The molecule has 0 aliphatic rings. The highest BCUT2D eigenvalue weighted by molar-refractivity contribution is 7.75. The van der Waals surface area contributed by atoms with Gasteiger partial charge in [-0.15, -0.1) is 0 Å². The standard InChI is InChI=1S/C22H50O7P2Si5/c1-32(2,3)25-22(21-19-17-16-18-20-21,30(23,26-33(4,5)6)27-34(7,8)9)31(24,28-35(10,11)12)29-36(13,14)15/h16-20H,1-15H3. The van der Waals surface area contributed by atoms with Crippen LogP contribution in [0.1, 0.15) is 5.56 Å². The molecule has 0 heterocycles. The van der Waals surface area contributed by atoms with Gasteiger partial charge in [-0.25, -0.2) is 0 Å². The van der Waals surface area contributed by atoms with Gasteiger partial charge in [-0.05, 0) is 98.2 Å². The molecule has 0 radical (unpaired) electrons. The molecule has 0 unspecified atom stereocenters. The second-order valence-corrected chi connectivity index (χ2v) is 41.8. The van der Waals surface area contributed by atoms with Gasteiger partial charge < -0.3 is 21.3 Å². The van der Waals surface area contributed by atoms with Gasteiger partial charge in [-0.3, -0.25) is 9.13 Å². The highest BCUT2D eigenvalue weighted by Crippen LogP contribution is 2.85. The topological polar surface area (TPSA) is 80.3 Å². The number of hydrogen-bond acceptors (Lipinski definition) is 7. The lowest BCUT2D eigenvalue weighted by atomic mass is 10.2. The van der Waals surface area contributed by atoms with E-state index in [0.717, 1.165) is 0 Å². The second-order valence-electron chi connectivity index (χ2n) is 14.0. The average molecular weight is 629 g/mol. The summed E-state index contributed by atoms with van der Waals surface area (Å²) < 4.78 is 64.3. The molecule has 0 bridgehead atoms. The van der Waals surface area contributed by atoms with Gasteiger partial charge in [-0.1, -0.05) is 30.3 Å². The maximum Gasteiger partial charge on any atom is 0.359 e. The molecule has 0 spiro atoms. The molecule has 0 amide bonds. The van der Waals surface area contributed by atoms with Crippen molar-refractivity contribution in [1.29, 1.82) is 0 Å². The Hall–Kier alpha value is 0.564. The van der Waals surface area contributed by atoms with Gasteiger partial charge in [0.15, 0.2) is 41.6 Å². The Labute approximate surface area is 225 Å². The molecule has 0 fully saturated rings. The SMILES string of the molecule is C[Si](C)(C)OC(c1ccccc1)(P(=O)(O[Si](C)(C)C)O[Si](C)(C)C)P(=O)(O[Si](C)(C)C)O[Si](C)(C)C. The smallest absolute Gasteiger partial charge is 0.359 e. The lowest BCUT2D eigenvalue weighted by Crippen LogP contribution is -2.48. The Morgan fingerprint density at radius 3 is 1.00 bits per heavy atom. The van der Waals surface area contributed by atoms with Crippen LogP contribution in [-0.4, -0.2) is 41.6 Å². The van der Waals surface area contributed by atoms with Crippen LogP contribution in [0.25, 0.3) is 0 Å². The van der Waals surface area contributed by atoms with Gasteiger partial charge >= 0.3 is 15.2 Å². The van der Waals surface area contributed by atoms with E-state index in [1.807, 2.05) is 116 Å². The quantitative estimate of drug-likeness (QED) is 0.159. The predicted molar refractivity (Wildman–Crippen MR) is 165 cm³/mol. The molecule has 0 N–H and O–H groups in total. The minimum absolute atomic E-state index is 0.437. The maximum atomic E-state index is 15.6. The summed E-state index contributed by atoms with van der Waals surface area (Å²) in [4.78, 5) is 0. The van der Waals surface area contributed by atoms with Crippen molar-refractivity contribution < 1.29 is 30.4 Å². The van der Waals surface area contributed by atoms with E-state index in [-0.39, 0.29) is 0 Å². The van der Waals surface area contributed by atoms with Crippen LogP contribution in [0, 0.1) is 0 Å². The van der Waals surface area contributed by atoms with Gasteiger partial charge in [0, 0.05) is 5.56 Å². The van der Waals surface area contributed by atoms with E-state index < -0.39 is 61.9 Å². The highest BCUT2D eigenvalue weighted by Gasteiger charge is 2.71. The Morgan fingerprint density at radius 1 is 0.500 bits per heavy atom. The second kappa shape index (κ2) is 11.2. The van der Waals surface area contributed by atoms with E-state index in [9.17, 15) is 0 Å². The molecule has 0 aliphatic carbocycles. The van der Waals surface area contributed by atoms with Gasteiger partial charge in [-0.2, -0.15) is 0 Å². The Bertz CT molecular complexity index is 882.